The number of rotatable bonds is 3. The highest BCUT2D eigenvalue weighted by molar-refractivity contribution is 5.74. The molecule has 6 heteroatoms. The second-order valence-electron chi connectivity index (χ2n) is 5.31. The third kappa shape index (κ3) is 4.18. The average molecular weight is 259 g/mol. The van der Waals surface area contributed by atoms with Gasteiger partial charge in [-0.3, -0.25) is 0 Å². The minimum atomic E-state index is -0.610. The van der Waals surface area contributed by atoms with Gasteiger partial charge in [-0.05, 0) is 27.7 Å². The summed E-state index contributed by atoms with van der Waals surface area (Å²) >= 11 is 0. The van der Waals surface area contributed by atoms with Gasteiger partial charge in [0.25, 0.3) is 0 Å². The standard InChI is InChI=1S/C12H21NO5/c1-8(10(14)16-5)17-9-6-13(7-9)11(15)18-12(2,3)4/h8-9H,6-7H2,1-5H3. The van der Waals surface area contributed by atoms with Crippen molar-refractivity contribution in [2.24, 2.45) is 0 Å². The molecule has 0 aromatic heterocycles. The van der Waals surface area contributed by atoms with Crippen LogP contribution in [-0.2, 0) is 19.0 Å². The molecule has 0 saturated carbocycles. The van der Waals surface area contributed by atoms with Crippen LogP contribution in [0.4, 0.5) is 4.79 Å². The third-order valence-electron chi connectivity index (χ3n) is 2.43. The zero-order valence-corrected chi connectivity index (χ0v) is 11.6. The fraction of sp³-hybridized carbons (Fsp3) is 0.833. The van der Waals surface area contributed by atoms with Gasteiger partial charge >= 0.3 is 12.1 Å². The highest BCUT2D eigenvalue weighted by Gasteiger charge is 2.36. The van der Waals surface area contributed by atoms with Crippen LogP contribution in [0.3, 0.4) is 0 Å². The number of ether oxygens (including phenoxy) is 3. The highest BCUT2D eigenvalue weighted by atomic mass is 16.6. The van der Waals surface area contributed by atoms with Crippen molar-refractivity contribution in [2.45, 2.75) is 45.5 Å². The highest BCUT2D eigenvalue weighted by Crippen LogP contribution is 2.18. The third-order valence-corrected chi connectivity index (χ3v) is 2.43. The van der Waals surface area contributed by atoms with Crippen LogP contribution in [0.2, 0.25) is 0 Å². The van der Waals surface area contributed by atoms with E-state index in [2.05, 4.69) is 4.74 Å². The van der Waals surface area contributed by atoms with Crippen LogP contribution in [0.5, 0.6) is 0 Å². The maximum absolute atomic E-state index is 11.6. The number of likely N-dealkylation sites (tertiary alicyclic amines) is 1. The molecule has 1 amide bonds. The summed E-state index contributed by atoms with van der Waals surface area (Å²) < 4.78 is 15.2. The Morgan fingerprint density at radius 1 is 1.28 bits per heavy atom. The van der Waals surface area contributed by atoms with E-state index in [1.165, 1.54) is 7.11 Å². The van der Waals surface area contributed by atoms with Gasteiger partial charge in [0.1, 0.15) is 5.60 Å². The first kappa shape index (κ1) is 14.8. The first-order valence-electron chi connectivity index (χ1n) is 5.94. The summed E-state index contributed by atoms with van der Waals surface area (Å²) in [5, 5.41) is 0. The second kappa shape index (κ2) is 5.56. The van der Waals surface area contributed by atoms with Gasteiger partial charge in [0.05, 0.1) is 26.3 Å². The summed E-state index contributed by atoms with van der Waals surface area (Å²) in [4.78, 5) is 24.3. The molecule has 1 aliphatic rings. The topological polar surface area (TPSA) is 65.1 Å². The second-order valence-corrected chi connectivity index (χ2v) is 5.31. The van der Waals surface area contributed by atoms with Gasteiger partial charge in [0.15, 0.2) is 6.10 Å². The lowest BCUT2D eigenvalue weighted by molar-refractivity contribution is -0.162. The average Bonchev–Trinajstić information content (AvgIpc) is 2.18. The van der Waals surface area contributed by atoms with E-state index in [0.717, 1.165) is 0 Å². The molecule has 0 N–H and O–H groups in total. The number of methoxy groups -OCH3 is 1. The number of esters is 1. The Kier molecular flexibility index (Phi) is 4.56. The summed E-state index contributed by atoms with van der Waals surface area (Å²) in [6.07, 6.45) is -1.10. The molecule has 1 heterocycles. The molecule has 0 aromatic rings. The SMILES string of the molecule is COC(=O)C(C)OC1CN(C(=O)OC(C)(C)C)C1. The smallest absolute Gasteiger partial charge is 0.410 e. The molecule has 104 valence electrons. The van der Waals surface area contributed by atoms with E-state index >= 15 is 0 Å². The summed E-state index contributed by atoms with van der Waals surface area (Å²) in [6.45, 7) is 7.96. The Hall–Kier alpha value is -1.30. The molecule has 18 heavy (non-hydrogen) atoms. The van der Waals surface area contributed by atoms with Gasteiger partial charge in [-0.1, -0.05) is 0 Å². The molecule has 0 radical (unpaired) electrons. The summed E-state index contributed by atoms with van der Waals surface area (Å²) in [5.41, 5.74) is -0.498. The molecule has 0 aliphatic carbocycles. The molecule has 0 bridgehead atoms. The lowest BCUT2D eigenvalue weighted by Crippen LogP contribution is -2.57. The van der Waals surface area contributed by atoms with E-state index in [1.807, 2.05) is 20.8 Å². The molecule has 1 fully saturated rings. The molecule has 6 nitrogen and oxygen atoms in total. The summed E-state index contributed by atoms with van der Waals surface area (Å²) in [7, 11) is 1.32. The van der Waals surface area contributed by atoms with E-state index in [1.54, 1.807) is 11.8 Å². The molecule has 0 spiro atoms. The number of carbonyl (C=O) groups excluding carboxylic acids is 2. The Labute approximate surface area is 107 Å². The zero-order valence-electron chi connectivity index (χ0n) is 11.6. The number of amides is 1. The Bertz CT molecular complexity index is 317. The fourth-order valence-corrected chi connectivity index (χ4v) is 1.51. The fourth-order valence-electron chi connectivity index (χ4n) is 1.51. The molecule has 1 saturated heterocycles. The molecule has 1 atom stereocenters. The Balaban J connectivity index is 2.28. The molecule has 1 aliphatic heterocycles. The van der Waals surface area contributed by atoms with Crippen LogP contribution in [0.25, 0.3) is 0 Å². The van der Waals surface area contributed by atoms with Crippen molar-refractivity contribution in [3.8, 4) is 0 Å². The predicted octanol–water partition coefficient (Wildman–Crippen LogP) is 1.18. The molecule has 0 aromatic carbocycles. The van der Waals surface area contributed by atoms with Crippen molar-refractivity contribution in [3.05, 3.63) is 0 Å². The van der Waals surface area contributed by atoms with Crippen LogP contribution in [0.15, 0.2) is 0 Å². The van der Waals surface area contributed by atoms with Gasteiger partial charge in [-0.15, -0.1) is 0 Å². The monoisotopic (exact) mass is 259 g/mol. The van der Waals surface area contributed by atoms with E-state index in [4.69, 9.17) is 9.47 Å². The van der Waals surface area contributed by atoms with Crippen molar-refractivity contribution in [1.82, 2.24) is 4.90 Å². The van der Waals surface area contributed by atoms with Crippen LogP contribution in [0.1, 0.15) is 27.7 Å². The minimum Gasteiger partial charge on any atom is -0.467 e. The van der Waals surface area contributed by atoms with Crippen molar-refractivity contribution in [3.63, 3.8) is 0 Å². The minimum absolute atomic E-state index is 0.133. The molecular weight excluding hydrogens is 238 g/mol. The van der Waals surface area contributed by atoms with Gasteiger partial charge < -0.3 is 19.1 Å². The molecule has 1 unspecified atom stereocenters. The largest absolute Gasteiger partial charge is 0.467 e. The maximum Gasteiger partial charge on any atom is 0.410 e. The molecule has 1 rings (SSSR count). The lowest BCUT2D eigenvalue weighted by atomic mass is 10.1. The zero-order chi connectivity index (χ0) is 13.9. The van der Waals surface area contributed by atoms with Crippen molar-refractivity contribution in [1.29, 1.82) is 0 Å². The summed E-state index contributed by atoms with van der Waals surface area (Å²) in [6, 6.07) is 0. The van der Waals surface area contributed by atoms with Gasteiger partial charge in [-0.25, -0.2) is 9.59 Å². The van der Waals surface area contributed by atoms with Crippen molar-refractivity contribution >= 4 is 12.1 Å². The van der Waals surface area contributed by atoms with Crippen molar-refractivity contribution in [2.75, 3.05) is 20.2 Å². The summed E-state index contributed by atoms with van der Waals surface area (Å²) in [5.74, 6) is -0.411. The molecular formula is C12H21NO5. The Morgan fingerprint density at radius 2 is 1.83 bits per heavy atom. The van der Waals surface area contributed by atoms with Crippen LogP contribution < -0.4 is 0 Å². The number of carbonyl (C=O) groups is 2. The van der Waals surface area contributed by atoms with Gasteiger partial charge in [-0.2, -0.15) is 0 Å². The van der Waals surface area contributed by atoms with E-state index < -0.39 is 17.7 Å². The lowest BCUT2D eigenvalue weighted by Gasteiger charge is -2.40. The normalized spacial score (nSPS) is 17.9. The first-order chi connectivity index (χ1) is 8.23. The first-order valence-corrected chi connectivity index (χ1v) is 5.94. The van der Waals surface area contributed by atoms with Gasteiger partial charge in [0, 0.05) is 0 Å². The van der Waals surface area contributed by atoms with E-state index in [0.29, 0.717) is 13.1 Å². The number of nitrogens with zero attached hydrogens (tertiary/aromatic N) is 1. The van der Waals surface area contributed by atoms with E-state index in [9.17, 15) is 9.59 Å². The Morgan fingerprint density at radius 3 is 2.28 bits per heavy atom. The number of hydrogen-bond acceptors (Lipinski definition) is 5. The maximum atomic E-state index is 11.6. The van der Waals surface area contributed by atoms with Crippen LogP contribution in [-0.4, -0.2) is 55.0 Å². The van der Waals surface area contributed by atoms with Crippen LogP contribution >= 0.6 is 0 Å². The van der Waals surface area contributed by atoms with Gasteiger partial charge in [0.2, 0.25) is 0 Å². The predicted molar refractivity (Wildman–Crippen MR) is 64.2 cm³/mol. The van der Waals surface area contributed by atoms with E-state index in [-0.39, 0.29) is 12.2 Å². The van der Waals surface area contributed by atoms with Crippen molar-refractivity contribution < 1.29 is 23.8 Å². The number of hydrogen-bond donors (Lipinski definition) is 0. The van der Waals surface area contributed by atoms with Crippen LogP contribution in [0, 0.1) is 0 Å². The quantitative estimate of drug-likeness (QED) is 0.712.